The zero-order valence-corrected chi connectivity index (χ0v) is 12.2. The smallest absolute Gasteiger partial charge is 0.0636 e. The Morgan fingerprint density at radius 1 is 1.33 bits per heavy atom. The van der Waals surface area contributed by atoms with E-state index >= 15 is 0 Å². The molecule has 98 valence electrons. The number of thiophene rings is 1. The van der Waals surface area contributed by atoms with Crippen molar-refractivity contribution in [3.8, 4) is 0 Å². The number of fused-ring (bicyclic) bond motifs is 1. The summed E-state index contributed by atoms with van der Waals surface area (Å²) in [6.07, 6.45) is 0. The van der Waals surface area contributed by atoms with Crippen LogP contribution in [0.4, 0.5) is 0 Å². The van der Waals surface area contributed by atoms with Gasteiger partial charge in [0.1, 0.15) is 0 Å². The molecule has 0 radical (unpaired) electrons. The van der Waals surface area contributed by atoms with Crippen molar-refractivity contribution in [2.45, 2.75) is 26.4 Å². The summed E-state index contributed by atoms with van der Waals surface area (Å²) in [6.45, 7) is 5.07. The summed E-state index contributed by atoms with van der Waals surface area (Å²) in [6, 6.07) is 8.46. The number of halogens is 1. The normalized spacial score (nSPS) is 14.9. The zero-order chi connectivity index (χ0) is 13.1. The molecule has 0 saturated carbocycles. The molecule has 4 heteroatoms. The lowest BCUT2D eigenvalue weighted by molar-refractivity contribution is 0.207. The third kappa shape index (κ3) is 2.86. The number of aliphatic hydroxyl groups is 1. The molecule has 2 nitrogen and oxygen atoms in total. The van der Waals surface area contributed by atoms with Gasteiger partial charge in [0.15, 0.2) is 0 Å². The van der Waals surface area contributed by atoms with Gasteiger partial charge in [-0.05, 0) is 18.9 Å². The zero-order valence-electron chi connectivity index (χ0n) is 10.6. The third-order valence-electron chi connectivity index (χ3n) is 3.33. The highest BCUT2D eigenvalue weighted by Gasteiger charge is 2.13. The first-order valence-electron chi connectivity index (χ1n) is 6.13. The molecule has 0 bridgehead atoms. The lowest BCUT2D eigenvalue weighted by atomic mass is 10.1. The van der Waals surface area contributed by atoms with Crippen LogP contribution in [0, 0.1) is 5.92 Å². The van der Waals surface area contributed by atoms with Gasteiger partial charge in [0.05, 0.1) is 5.02 Å². The van der Waals surface area contributed by atoms with Crippen LogP contribution >= 0.6 is 22.9 Å². The largest absolute Gasteiger partial charge is 0.396 e. The quantitative estimate of drug-likeness (QED) is 0.878. The minimum absolute atomic E-state index is 0.203. The molecular formula is C14H18ClNOS. The predicted octanol–water partition coefficient (Wildman–Crippen LogP) is 3.66. The highest BCUT2D eigenvalue weighted by molar-refractivity contribution is 7.19. The molecule has 1 aromatic carbocycles. The van der Waals surface area contributed by atoms with Gasteiger partial charge in [-0.1, -0.05) is 36.7 Å². The summed E-state index contributed by atoms with van der Waals surface area (Å²) in [7, 11) is 0. The number of benzene rings is 1. The maximum absolute atomic E-state index is 9.11. The minimum atomic E-state index is 0.203. The van der Waals surface area contributed by atoms with E-state index in [2.05, 4.69) is 24.4 Å². The average Bonchev–Trinajstić information content (AvgIpc) is 2.72. The molecule has 18 heavy (non-hydrogen) atoms. The Labute approximate surface area is 117 Å². The molecule has 0 amide bonds. The maximum Gasteiger partial charge on any atom is 0.0636 e. The Balaban J connectivity index is 2.10. The van der Waals surface area contributed by atoms with E-state index in [1.54, 1.807) is 11.3 Å². The van der Waals surface area contributed by atoms with Crippen LogP contribution in [0.5, 0.6) is 0 Å². The van der Waals surface area contributed by atoms with Gasteiger partial charge in [-0.2, -0.15) is 0 Å². The molecular weight excluding hydrogens is 266 g/mol. The number of aliphatic hydroxyl groups excluding tert-OH is 1. The molecule has 1 aromatic heterocycles. The van der Waals surface area contributed by atoms with Crippen LogP contribution in [-0.4, -0.2) is 17.8 Å². The van der Waals surface area contributed by atoms with E-state index in [9.17, 15) is 0 Å². The standard InChI is InChI=1S/C14H18ClNOS/c1-9(8-17)10(2)16-7-13-14(15)11-5-3-4-6-12(11)18-13/h3-6,9-10,16-17H,7-8H2,1-2H3. The van der Waals surface area contributed by atoms with Gasteiger partial charge in [0.2, 0.25) is 0 Å². The van der Waals surface area contributed by atoms with Gasteiger partial charge in [-0.15, -0.1) is 11.3 Å². The fourth-order valence-corrected chi connectivity index (χ4v) is 3.24. The summed E-state index contributed by atoms with van der Waals surface area (Å²) in [5, 5.41) is 14.5. The van der Waals surface area contributed by atoms with E-state index in [1.165, 1.54) is 4.70 Å². The summed E-state index contributed by atoms with van der Waals surface area (Å²) in [5.41, 5.74) is 0. The van der Waals surface area contributed by atoms with E-state index in [-0.39, 0.29) is 18.6 Å². The molecule has 0 aliphatic carbocycles. The van der Waals surface area contributed by atoms with Gasteiger partial charge < -0.3 is 10.4 Å². The highest BCUT2D eigenvalue weighted by atomic mass is 35.5. The molecule has 2 unspecified atom stereocenters. The van der Waals surface area contributed by atoms with Crippen molar-refractivity contribution in [3.05, 3.63) is 34.2 Å². The summed E-state index contributed by atoms with van der Waals surface area (Å²) in [5.74, 6) is 0.248. The number of hydrogen-bond acceptors (Lipinski definition) is 3. The van der Waals surface area contributed by atoms with Crippen molar-refractivity contribution in [2.75, 3.05) is 6.61 Å². The molecule has 0 saturated heterocycles. The number of hydrogen-bond donors (Lipinski definition) is 2. The van der Waals surface area contributed by atoms with E-state index in [0.29, 0.717) is 0 Å². The first-order valence-corrected chi connectivity index (χ1v) is 7.33. The molecule has 2 N–H and O–H groups in total. The second kappa shape index (κ2) is 6.02. The Kier molecular flexibility index (Phi) is 4.62. The summed E-state index contributed by atoms with van der Waals surface area (Å²) < 4.78 is 1.22. The van der Waals surface area contributed by atoms with Gasteiger partial charge in [0, 0.05) is 34.2 Å². The van der Waals surface area contributed by atoms with Crippen molar-refractivity contribution in [1.29, 1.82) is 0 Å². The Bertz CT molecular complexity index is 525. The van der Waals surface area contributed by atoms with Gasteiger partial charge in [-0.3, -0.25) is 0 Å². The van der Waals surface area contributed by atoms with Crippen molar-refractivity contribution in [3.63, 3.8) is 0 Å². The van der Waals surface area contributed by atoms with Gasteiger partial charge in [-0.25, -0.2) is 0 Å². The van der Waals surface area contributed by atoms with Crippen molar-refractivity contribution in [1.82, 2.24) is 5.32 Å². The van der Waals surface area contributed by atoms with Crippen molar-refractivity contribution >= 4 is 33.0 Å². The molecule has 1 heterocycles. The third-order valence-corrected chi connectivity index (χ3v) is 5.04. The Morgan fingerprint density at radius 3 is 2.72 bits per heavy atom. The van der Waals surface area contributed by atoms with Crippen LogP contribution < -0.4 is 5.32 Å². The number of nitrogens with one attached hydrogen (secondary N) is 1. The first kappa shape index (κ1) is 13.8. The molecule has 2 atom stereocenters. The minimum Gasteiger partial charge on any atom is -0.396 e. The molecule has 2 rings (SSSR count). The van der Waals surface area contributed by atoms with Crippen LogP contribution in [0.2, 0.25) is 5.02 Å². The highest BCUT2D eigenvalue weighted by Crippen LogP contribution is 2.35. The van der Waals surface area contributed by atoms with Crippen molar-refractivity contribution < 1.29 is 5.11 Å². The second-order valence-electron chi connectivity index (χ2n) is 4.66. The van der Waals surface area contributed by atoms with Crippen LogP contribution in [0.15, 0.2) is 24.3 Å². The van der Waals surface area contributed by atoms with E-state index < -0.39 is 0 Å². The molecule has 0 aliphatic heterocycles. The maximum atomic E-state index is 9.11. The molecule has 0 fully saturated rings. The average molecular weight is 284 g/mol. The van der Waals surface area contributed by atoms with E-state index in [1.807, 2.05) is 19.1 Å². The van der Waals surface area contributed by atoms with E-state index in [4.69, 9.17) is 16.7 Å². The second-order valence-corrected chi connectivity index (χ2v) is 6.18. The topological polar surface area (TPSA) is 32.3 Å². The SMILES string of the molecule is CC(CO)C(C)NCc1sc2ccccc2c1Cl. The Hall–Kier alpha value is -0.610. The van der Waals surface area contributed by atoms with Crippen LogP contribution in [0.1, 0.15) is 18.7 Å². The first-order chi connectivity index (χ1) is 8.63. The van der Waals surface area contributed by atoms with Crippen LogP contribution in [0.3, 0.4) is 0 Å². The fourth-order valence-electron chi connectivity index (χ4n) is 1.79. The number of rotatable bonds is 5. The summed E-state index contributed by atoms with van der Waals surface area (Å²) >= 11 is 8.10. The van der Waals surface area contributed by atoms with Gasteiger partial charge in [0.25, 0.3) is 0 Å². The lowest BCUT2D eigenvalue weighted by Crippen LogP contribution is -2.33. The van der Waals surface area contributed by atoms with Crippen molar-refractivity contribution in [2.24, 2.45) is 5.92 Å². The Morgan fingerprint density at radius 2 is 2.06 bits per heavy atom. The molecule has 0 spiro atoms. The summed E-state index contributed by atoms with van der Waals surface area (Å²) in [4.78, 5) is 1.16. The van der Waals surface area contributed by atoms with Gasteiger partial charge >= 0.3 is 0 Å². The molecule has 0 aliphatic rings. The predicted molar refractivity (Wildman–Crippen MR) is 79.4 cm³/mol. The lowest BCUT2D eigenvalue weighted by Gasteiger charge is -2.18. The molecule has 2 aromatic rings. The van der Waals surface area contributed by atoms with Crippen LogP contribution in [0.25, 0.3) is 10.1 Å². The fraction of sp³-hybridized carbons (Fsp3) is 0.429. The van der Waals surface area contributed by atoms with Crippen LogP contribution in [-0.2, 0) is 6.54 Å². The van der Waals surface area contributed by atoms with E-state index in [0.717, 1.165) is 21.8 Å². The monoisotopic (exact) mass is 283 g/mol.